The highest BCUT2D eigenvalue weighted by Crippen LogP contribution is 2.14. The van der Waals surface area contributed by atoms with E-state index >= 15 is 0 Å². The third kappa shape index (κ3) is 48.0. The van der Waals surface area contributed by atoms with E-state index in [0.717, 1.165) is 109 Å². The number of esters is 3. The van der Waals surface area contributed by atoms with Crippen LogP contribution in [0.25, 0.3) is 0 Å². The summed E-state index contributed by atoms with van der Waals surface area (Å²) in [4.78, 5) is 37.6. The fourth-order valence-corrected chi connectivity index (χ4v) is 7.07. The molecular weight excluding hydrogens is 757 g/mol. The van der Waals surface area contributed by atoms with Gasteiger partial charge in [-0.15, -0.1) is 0 Å². The van der Waals surface area contributed by atoms with Gasteiger partial charge in [0.15, 0.2) is 6.10 Å². The molecule has 0 aromatic heterocycles. The number of carbonyl (C=O) groups excluding carboxylic acids is 3. The molecule has 0 spiro atoms. The minimum absolute atomic E-state index is 0.0819. The van der Waals surface area contributed by atoms with Gasteiger partial charge in [0, 0.05) is 19.3 Å². The zero-order valence-electron chi connectivity index (χ0n) is 40.2. The number of allylic oxidation sites excluding steroid dienone is 10. The minimum atomic E-state index is -0.778. The monoisotopic (exact) mass is 853 g/mol. The molecule has 0 rings (SSSR count). The van der Waals surface area contributed by atoms with Gasteiger partial charge in [-0.2, -0.15) is 0 Å². The van der Waals surface area contributed by atoms with Crippen molar-refractivity contribution in [3.63, 3.8) is 0 Å². The first-order chi connectivity index (χ1) is 30.0. The molecule has 1 unspecified atom stereocenters. The Balaban J connectivity index is 4.10. The van der Waals surface area contributed by atoms with E-state index in [1.807, 2.05) is 0 Å². The van der Waals surface area contributed by atoms with Crippen LogP contribution in [0.1, 0.15) is 252 Å². The largest absolute Gasteiger partial charge is 0.462 e. The summed E-state index contributed by atoms with van der Waals surface area (Å²) < 4.78 is 16.6. The van der Waals surface area contributed by atoms with E-state index in [-0.39, 0.29) is 31.1 Å². The van der Waals surface area contributed by atoms with E-state index in [4.69, 9.17) is 14.2 Å². The summed E-state index contributed by atoms with van der Waals surface area (Å²) in [6, 6.07) is 0. The van der Waals surface area contributed by atoms with Crippen LogP contribution in [0.3, 0.4) is 0 Å². The standard InChI is InChI=1S/C55H96O6/c1-4-7-10-13-15-17-19-21-22-23-24-25-26-27-28-29-30-31-32-34-35-37-39-42-45-48-54(57)60-51-52(50-59-53(56)47-44-41-12-9-6-3)61-55(58)49-46-43-40-38-36-33-20-18-16-14-11-8-5-2/h11,14,18-21,23-24,26-27,52H,4-10,12-13,15-17,22,25,28-51H2,1-3H3/b14-11-,20-18-,21-19-,24-23-,27-26-. The summed E-state index contributed by atoms with van der Waals surface area (Å²) in [5.74, 6) is -0.913. The van der Waals surface area contributed by atoms with Crippen molar-refractivity contribution in [3.05, 3.63) is 60.8 Å². The Bertz CT molecular complexity index is 1120. The van der Waals surface area contributed by atoms with Gasteiger partial charge in [-0.25, -0.2) is 0 Å². The smallest absolute Gasteiger partial charge is 0.306 e. The second-order valence-corrected chi connectivity index (χ2v) is 17.1. The van der Waals surface area contributed by atoms with Gasteiger partial charge >= 0.3 is 17.9 Å². The molecular formula is C55H96O6. The molecule has 0 fully saturated rings. The van der Waals surface area contributed by atoms with Gasteiger partial charge in [-0.1, -0.05) is 210 Å². The Hall–Kier alpha value is -2.89. The van der Waals surface area contributed by atoms with Crippen molar-refractivity contribution in [2.75, 3.05) is 13.2 Å². The molecule has 6 heteroatoms. The molecule has 6 nitrogen and oxygen atoms in total. The number of rotatable bonds is 46. The van der Waals surface area contributed by atoms with Crippen LogP contribution in [0.15, 0.2) is 60.8 Å². The van der Waals surface area contributed by atoms with Crippen molar-refractivity contribution in [1.29, 1.82) is 0 Å². The molecule has 0 aromatic carbocycles. The average Bonchev–Trinajstić information content (AvgIpc) is 3.26. The molecule has 0 saturated heterocycles. The summed E-state index contributed by atoms with van der Waals surface area (Å²) >= 11 is 0. The van der Waals surface area contributed by atoms with Crippen molar-refractivity contribution in [2.24, 2.45) is 0 Å². The van der Waals surface area contributed by atoms with Crippen molar-refractivity contribution < 1.29 is 28.6 Å². The third-order valence-electron chi connectivity index (χ3n) is 11.0. The van der Waals surface area contributed by atoms with Crippen LogP contribution in [0.5, 0.6) is 0 Å². The third-order valence-corrected chi connectivity index (χ3v) is 11.0. The van der Waals surface area contributed by atoms with E-state index in [9.17, 15) is 14.4 Å². The Labute approximate surface area is 377 Å². The first kappa shape index (κ1) is 58.1. The first-order valence-corrected chi connectivity index (χ1v) is 25.8. The minimum Gasteiger partial charge on any atom is -0.462 e. The van der Waals surface area contributed by atoms with Gasteiger partial charge in [-0.3, -0.25) is 14.4 Å². The fraction of sp³-hybridized carbons (Fsp3) is 0.764. The number of hydrogen-bond donors (Lipinski definition) is 0. The van der Waals surface area contributed by atoms with E-state index in [1.54, 1.807) is 0 Å². The molecule has 0 aliphatic carbocycles. The quantitative estimate of drug-likeness (QED) is 0.0263. The number of ether oxygens (including phenoxy) is 3. The van der Waals surface area contributed by atoms with Gasteiger partial charge in [0.25, 0.3) is 0 Å². The predicted octanol–water partition coefficient (Wildman–Crippen LogP) is 16.9. The van der Waals surface area contributed by atoms with Crippen LogP contribution in [-0.2, 0) is 28.6 Å². The molecule has 0 amide bonds. The molecule has 0 aliphatic rings. The van der Waals surface area contributed by atoms with Gasteiger partial charge in [0.05, 0.1) is 0 Å². The van der Waals surface area contributed by atoms with Gasteiger partial charge in [0.1, 0.15) is 13.2 Å². The maximum absolute atomic E-state index is 12.7. The molecule has 352 valence electrons. The van der Waals surface area contributed by atoms with Crippen LogP contribution < -0.4 is 0 Å². The number of hydrogen-bond acceptors (Lipinski definition) is 6. The normalized spacial score (nSPS) is 12.5. The van der Waals surface area contributed by atoms with Crippen LogP contribution >= 0.6 is 0 Å². The van der Waals surface area contributed by atoms with Crippen LogP contribution in [-0.4, -0.2) is 37.2 Å². The van der Waals surface area contributed by atoms with E-state index in [1.165, 1.54) is 103 Å². The maximum Gasteiger partial charge on any atom is 0.306 e. The SMILES string of the molecule is CCC/C=C\C/C=C\CCCCCCCC(=O)OC(COC(=O)CCCCCCC)COC(=O)CCCCCCCCCCCC/C=C\C/C=C\C/C=C\CCCCCCC. The Kier molecular flexibility index (Phi) is 47.4. The molecule has 0 radical (unpaired) electrons. The zero-order valence-corrected chi connectivity index (χ0v) is 40.2. The summed E-state index contributed by atoms with van der Waals surface area (Å²) in [5.41, 5.74) is 0. The van der Waals surface area contributed by atoms with Crippen molar-refractivity contribution >= 4 is 17.9 Å². The Morgan fingerprint density at radius 1 is 0.328 bits per heavy atom. The van der Waals surface area contributed by atoms with Crippen molar-refractivity contribution in [3.8, 4) is 0 Å². The van der Waals surface area contributed by atoms with E-state index in [2.05, 4.69) is 81.5 Å². The summed E-state index contributed by atoms with van der Waals surface area (Å²) in [6.45, 7) is 6.46. The average molecular weight is 853 g/mol. The van der Waals surface area contributed by atoms with E-state index < -0.39 is 6.10 Å². The van der Waals surface area contributed by atoms with Gasteiger partial charge in [-0.05, 0) is 83.5 Å². The molecule has 0 N–H and O–H groups in total. The molecule has 0 aromatic rings. The lowest BCUT2D eigenvalue weighted by Crippen LogP contribution is -2.30. The first-order valence-electron chi connectivity index (χ1n) is 25.8. The lowest BCUT2D eigenvalue weighted by Gasteiger charge is -2.18. The highest BCUT2D eigenvalue weighted by Gasteiger charge is 2.19. The van der Waals surface area contributed by atoms with Crippen molar-refractivity contribution in [2.45, 2.75) is 258 Å². The highest BCUT2D eigenvalue weighted by atomic mass is 16.6. The Morgan fingerprint density at radius 2 is 0.623 bits per heavy atom. The summed E-state index contributed by atoms with van der Waals surface area (Å²) in [6.07, 6.45) is 61.1. The molecule has 0 saturated carbocycles. The second-order valence-electron chi connectivity index (χ2n) is 17.1. The summed E-state index contributed by atoms with van der Waals surface area (Å²) in [7, 11) is 0. The second kappa shape index (κ2) is 49.8. The maximum atomic E-state index is 12.7. The van der Waals surface area contributed by atoms with Crippen LogP contribution in [0.4, 0.5) is 0 Å². The topological polar surface area (TPSA) is 78.9 Å². The summed E-state index contributed by atoms with van der Waals surface area (Å²) in [5, 5.41) is 0. The van der Waals surface area contributed by atoms with Crippen LogP contribution in [0.2, 0.25) is 0 Å². The fourth-order valence-electron chi connectivity index (χ4n) is 7.07. The molecule has 0 heterocycles. The van der Waals surface area contributed by atoms with Crippen molar-refractivity contribution in [1.82, 2.24) is 0 Å². The Morgan fingerprint density at radius 3 is 0.984 bits per heavy atom. The zero-order chi connectivity index (χ0) is 44.4. The molecule has 0 aliphatic heterocycles. The van der Waals surface area contributed by atoms with E-state index in [0.29, 0.717) is 19.3 Å². The molecule has 61 heavy (non-hydrogen) atoms. The lowest BCUT2D eigenvalue weighted by molar-refractivity contribution is -0.167. The number of unbranched alkanes of at least 4 members (excludes halogenated alkanes) is 25. The molecule has 0 bridgehead atoms. The predicted molar refractivity (Wildman–Crippen MR) is 261 cm³/mol. The lowest BCUT2D eigenvalue weighted by atomic mass is 10.1. The number of carbonyl (C=O) groups is 3. The van der Waals surface area contributed by atoms with Gasteiger partial charge < -0.3 is 14.2 Å². The van der Waals surface area contributed by atoms with Crippen LogP contribution in [0, 0.1) is 0 Å². The molecule has 1 atom stereocenters. The highest BCUT2D eigenvalue weighted by molar-refractivity contribution is 5.71. The van der Waals surface area contributed by atoms with Gasteiger partial charge in [0.2, 0.25) is 0 Å².